The fourth-order valence-corrected chi connectivity index (χ4v) is 4.89. The number of hydrogen-bond acceptors (Lipinski definition) is 4. The molecular weight excluding hydrogens is 491 g/mol. The zero-order valence-corrected chi connectivity index (χ0v) is 20.5. The molecule has 2 N–H and O–H groups in total. The molecule has 6 nitrogen and oxygen atoms in total. The average molecular weight is 519 g/mol. The summed E-state index contributed by atoms with van der Waals surface area (Å²) in [6.45, 7) is 6.18. The van der Waals surface area contributed by atoms with Crippen LogP contribution in [0, 0.1) is 5.41 Å². The van der Waals surface area contributed by atoms with E-state index in [9.17, 15) is 30.4 Å². The SMILES string of the molecule is CN(CS(N)(=O)=O)C(c1cn(CC(C)(C)C)c2cc(-c3cccnc3C(F)(F)F)ccc12)C(F)F. The lowest BCUT2D eigenvalue weighted by molar-refractivity contribution is -0.140. The third kappa shape index (κ3) is 6.36. The maximum absolute atomic E-state index is 14.2. The maximum atomic E-state index is 14.2. The van der Waals surface area contributed by atoms with Crippen molar-refractivity contribution in [1.82, 2.24) is 14.5 Å². The number of rotatable bonds is 7. The molecule has 0 spiro atoms. The molecule has 0 saturated carbocycles. The molecule has 1 atom stereocenters. The van der Waals surface area contributed by atoms with Gasteiger partial charge in [-0.15, -0.1) is 0 Å². The molecule has 3 aromatic rings. The van der Waals surface area contributed by atoms with Gasteiger partial charge in [0.15, 0.2) is 5.69 Å². The minimum atomic E-state index is -4.68. The number of hydrogen-bond donors (Lipinski definition) is 1. The van der Waals surface area contributed by atoms with Crippen LogP contribution in [0.2, 0.25) is 0 Å². The number of fused-ring (bicyclic) bond motifs is 1. The third-order valence-corrected chi connectivity index (χ3v) is 6.13. The van der Waals surface area contributed by atoms with Crippen molar-refractivity contribution in [2.75, 3.05) is 12.9 Å². The van der Waals surface area contributed by atoms with Crippen LogP contribution in [0.15, 0.2) is 42.7 Å². The van der Waals surface area contributed by atoms with E-state index in [0.29, 0.717) is 17.4 Å². The van der Waals surface area contributed by atoms with Gasteiger partial charge in [-0.2, -0.15) is 13.2 Å². The normalized spacial score (nSPS) is 14.3. The van der Waals surface area contributed by atoms with Gasteiger partial charge in [0, 0.05) is 41.0 Å². The minimum absolute atomic E-state index is 0.135. The van der Waals surface area contributed by atoms with Gasteiger partial charge < -0.3 is 4.57 Å². The van der Waals surface area contributed by atoms with E-state index in [0.717, 1.165) is 11.1 Å². The number of nitrogens with two attached hydrogens (primary N) is 1. The highest BCUT2D eigenvalue weighted by molar-refractivity contribution is 7.89. The monoisotopic (exact) mass is 518 g/mol. The van der Waals surface area contributed by atoms with E-state index in [2.05, 4.69) is 4.98 Å². The summed E-state index contributed by atoms with van der Waals surface area (Å²) in [6.07, 6.45) is -5.07. The maximum Gasteiger partial charge on any atom is 0.433 e. The van der Waals surface area contributed by atoms with Crippen molar-refractivity contribution in [1.29, 1.82) is 0 Å². The Morgan fingerprint density at radius 2 is 1.80 bits per heavy atom. The van der Waals surface area contributed by atoms with Gasteiger partial charge in [-0.1, -0.05) is 39.0 Å². The topological polar surface area (TPSA) is 81.2 Å². The van der Waals surface area contributed by atoms with Crippen molar-refractivity contribution in [2.45, 2.75) is 46.0 Å². The number of alkyl halides is 5. The first kappa shape index (κ1) is 27.0. The van der Waals surface area contributed by atoms with Gasteiger partial charge in [0.25, 0.3) is 6.43 Å². The average Bonchev–Trinajstić information content (AvgIpc) is 3.01. The molecule has 35 heavy (non-hydrogen) atoms. The molecule has 1 unspecified atom stereocenters. The molecule has 12 heteroatoms. The number of primary sulfonamides is 1. The number of pyridine rings is 1. The summed E-state index contributed by atoms with van der Waals surface area (Å²) in [4.78, 5) is 4.45. The third-order valence-electron chi connectivity index (χ3n) is 5.36. The smallest absolute Gasteiger partial charge is 0.347 e. The first-order chi connectivity index (χ1) is 16.0. The molecule has 0 aliphatic heterocycles. The zero-order chi connectivity index (χ0) is 26.3. The van der Waals surface area contributed by atoms with Crippen molar-refractivity contribution >= 4 is 20.9 Å². The summed E-state index contributed by atoms with van der Waals surface area (Å²) in [7, 11) is -2.84. The fraction of sp³-hybridized carbons (Fsp3) is 0.435. The van der Waals surface area contributed by atoms with Crippen molar-refractivity contribution < 1.29 is 30.4 Å². The van der Waals surface area contributed by atoms with Crippen LogP contribution in [0.25, 0.3) is 22.0 Å². The molecule has 2 aromatic heterocycles. The molecule has 0 bridgehead atoms. The second-order valence-electron chi connectivity index (χ2n) is 9.73. The van der Waals surface area contributed by atoms with E-state index < -0.39 is 40.2 Å². The summed E-state index contributed by atoms with van der Waals surface area (Å²) in [5.41, 5.74) is -0.657. The lowest BCUT2D eigenvalue weighted by Crippen LogP contribution is -2.36. The molecule has 0 radical (unpaired) electrons. The number of halogens is 5. The predicted octanol–water partition coefficient (Wildman–Crippen LogP) is 5.25. The highest BCUT2D eigenvalue weighted by atomic mass is 32.2. The molecular formula is C23H27F5N4O2S. The molecule has 0 aliphatic carbocycles. The summed E-state index contributed by atoms with van der Waals surface area (Å²) in [6, 6.07) is 5.50. The Hall–Kier alpha value is -2.57. The van der Waals surface area contributed by atoms with E-state index in [4.69, 9.17) is 5.14 Å². The highest BCUT2D eigenvalue weighted by Gasteiger charge is 2.36. The van der Waals surface area contributed by atoms with Crippen LogP contribution >= 0.6 is 0 Å². The Kier molecular flexibility index (Phi) is 7.31. The quantitative estimate of drug-likeness (QED) is 0.433. The van der Waals surface area contributed by atoms with Crippen molar-refractivity contribution in [3.8, 4) is 11.1 Å². The predicted molar refractivity (Wildman–Crippen MR) is 124 cm³/mol. The van der Waals surface area contributed by atoms with Gasteiger partial charge in [-0.3, -0.25) is 9.88 Å². The van der Waals surface area contributed by atoms with Crippen molar-refractivity contribution in [3.05, 3.63) is 54.0 Å². The lowest BCUT2D eigenvalue weighted by atomic mass is 9.96. The number of aromatic nitrogens is 2. The first-order valence-corrected chi connectivity index (χ1v) is 12.3. The Morgan fingerprint density at radius 3 is 2.34 bits per heavy atom. The van der Waals surface area contributed by atoms with Gasteiger partial charge in [0.05, 0.1) is 6.04 Å². The number of sulfonamides is 1. The van der Waals surface area contributed by atoms with Gasteiger partial charge in [-0.25, -0.2) is 22.3 Å². The van der Waals surface area contributed by atoms with Crippen LogP contribution in [0.5, 0.6) is 0 Å². The summed E-state index contributed by atoms with van der Waals surface area (Å²) < 4.78 is 93.9. The molecule has 1 aromatic carbocycles. The second-order valence-corrected chi connectivity index (χ2v) is 11.3. The second kappa shape index (κ2) is 9.47. The molecule has 0 aliphatic rings. The van der Waals surface area contributed by atoms with Crippen molar-refractivity contribution in [2.24, 2.45) is 10.6 Å². The van der Waals surface area contributed by atoms with Crippen LogP contribution in [0.1, 0.15) is 38.1 Å². The number of nitrogens with zero attached hydrogens (tertiary/aromatic N) is 3. The zero-order valence-electron chi connectivity index (χ0n) is 19.6. The number of benzene rings is 1. The Morgan fingerprint density at radius 1 is 1.14 bits per heavy atom. The largest absolute Gasteiger partial charge is 0.433 e. The Balaban J connectivity index is 2.25. The molecule has 0 amide bonds. The van der Waals surface area contributed by atoms with Gasteiger partial charge in [-0.05, 0) is 30.2 Å². The van der Waals surface area contributed by atoms with Crippen LogP contribution in [0.4, 0.5) is 22.0 Å². The molecule has 0 fully saturated rings. The summed E-state index contributed by atoms with van der Waals surface area (Å²) in [5, 5.41) is 5.45. The van der Waals surface area contributed by atoms with Crippen LogP contribution in [-0.2, 0) is 22.7 Å². The Bertz CT molecular complexity index is 1310. The van der Waals surface area contributed by atoms with E-state index in [1.807, 2.05) is 20.8 Å². The van der Waals surface area contributed by atoms with E-state index in [-0.39, 0.29) is 22.1 Å². The van der Waals surface area contributed by atoms with Crippen LogP contribution in [-0.4, -0.2) is 42.2 Å². The fourth-order valence-electron chi connectivity index (χ4n) is 4.16. The standard InChI is InChI=1S/C23H27F5N4O2S/c1-22(2,3)12-32-11-17(19(21(24)25)31(4)13-35(29,33)34)16-8-7-14(10-18(16)32)15-6-5-9-30-20(15)23(26,27)28/h5-11,19,21H,12-13H2,1-4H3,(H2,29,33,34). The van der Waals surface area contributed by atoms with E-state index in [1.54, 1.807) is 4.57 Å². The van der Waals surface area contributed by atoms with Gasteiger partial charge in [0.2, 0.25) is 10.0 Å². The van der Waals surface area contributed by atoms with E-state index >= 15 is 0 Å². The van der Waals surface area contributed by atoms with Crippen molar-refractivity contribution in [3.63, 3.8) is 0 Å². The first-order valence-electron chi connectivity index (χ1n) is 10.6. The molecule has 0 saturated heterocycles. The highest BCUT2D eigenvalue weighted by Crippen LogP contribution is 2.39. The van der Waals surface area contributed by atoms with Crippen LogP contribution in [0.3, 0.4) is 0 Å². The van der Waals surface area contributed by atoms with Gasteiger partial charge in [0.1, 0.15) is 5.88 Å². The lowest BCUT2D eigenvalue weighted by Gasteiger charge is -2.26. The molecule has 2 heterocycles. The Labute approximate surface area is 200 Å². The van der Waals surface area contributed by atoms with E-state index in [1.165, 1.54) is 43.6 Å². The molecule has 3 rings (SSSR count). The van der Waals surface area contributed by atoms with Gasteiger partial charge >= 0.3 is 6.18 Å². The minimum Gasteiger partial charge on any atom is -0.347 e. The van der Waals surface area contributed by atoms with Crippen LogP contribution < -0.4 is 5.14 Å². The summed E-state index contributed by atoms with van der Waals surface area (Å²) >= 11 is 0. The molecule has 192 valence electrons. The summed E-state index contributed by atoms with van der Waals surface area (Å²) in [5.74, 6) is -0.795.